The fourth-order valence-electron chi connectivity index (χ4n) is 5.57. The number of nitrogens with zero attached hydrogens (tertiary/aromatic N) is 2. The summed E-state index contributed by atoms with van der Waals surface area (Å²) in [5, 5.41) is 3.28. The predicted molar refractivity (Wildman–Crippen MR) is 110 cm³/mol. The molecule has 2 saturated heterocycles. The van der Waals surface area contributed by atoms with E-state index >= 15 is 0 Å². The van der Waals surface area contributed by atoms with Gasteiger partial charge in [0, 0.05) is 38.5 Å². The standard InChI is InChI=1S/C23H33N3O2/c1-17(27)26-14-19-13-25(15-21(19)23(26)18-9-5-4-6-10-18)16-22(28)24-20-11-7-2-3-8-12-20/h4-6,9-10,19-21,23H,2-3,7-8,11-16H2,1H3,(H,24,28)/t19-,21-,23-/m1/s1. The lowest BCUT2D eigenvalue weighted by Gasteiger charge is -2.29. The Morgan fingerprint density at radius 3 is 2.39 bits per heavy atom. The largest absolute Gasteiger partial charge is 0.352 e. The monoisotopic (exact) mass is 383 g/mol. The molecule has 5 nitrogen and oxygen atoms in total. The zero-order chi connectivity index (χ0) is 19.5. The Morgan fingerprint density at radius 1 is 1.00 bits per heavy atom. The first-order valence-electron chi connectivity index (χ1n) is 11.0. The van der Waals surface area contributed by atoms with Crippen LogP contribution in [0.25, 0.3) is 0 Å². The van der Waals surface area contributed by atoms with Gasteiger partial charge in [0.05, 0.1) is 12.6 Å². The summed E-state index contributed by atoms with van der Waals surface area (Å²) < 4.78 is 0. The third-order valence-corrected chi connectivity index (χ3v) is 6.87. The minimum absolute atomic E-state index is 0.138. The van der Waals surface area contributed by atoms with E-state index < -0.39 is 0 Å². The molecule has 0 unspecified atom stereocenters. The number of amides is 2. The third-order valence-electron chi connectivity index (χ3n) is 6.87. The highest BCUT2D eigenvalue weighted by molar-refractivity contribution is 5.78. The highest BCUT2D eigenvalue weighted by Crippen LogP contribution is 2.44. The molecule has 28 heavy (non-hydrogen) atoms. The van der Waals surface area contributed by atoms with Crippen LogP contribution < -0.4 is 5.32 Å². The Bertz CT molecular complexity index is 684. The second-order valence-electron chi connectivity index (χ2n) is 8.90. The number of hydrogen-bond acceptors (Lipinski definition) is 3. The third kappa shape index (κ3) is 4.24. The Balaban J connectivity index is 1.37. The second kappa shape index (κ2) is 8.64. The molecule has 0 bridgehead atoms. The van der Waals surface area contributed by atoms with E-state index in [2.05, 4.69) is 22.3 Å². The highest BCUT2D eigenvalue weighted by Gasteiger charge is 2.48. The lowest BCUT2D eigenvalue weighted by atomic mass is 9.89. The molecule has 2 aliphatic heterocycles. The molecule has 2 amide bonds. The van der Waals surface area contributed by atoms with Crippen molar-refractivity contribution in [2.45, 2.75) is 57.5 Å². The summed E-state index contributed by atoms with van der Waals surface area (Å²) in [6, 6.07) is 10.9. The average Bonchev–Trinajstić information content (AvgIpc) is 3.10. The second-order valence-corrected chi connectivity index (χ2v) is 8.90. The maximum atomic E-state index is 12.6. The van der Waals surface area contributed by atoms with Crippen LogP contribution >= 0.6 is 0 Å². The Labute approximate surface area is 168 Å². The Hall–Kier alpha value is -1.88. The zero-order valence-electron chi connectivity index (χ0n) is 17.0. The number of carbonyl (C=O) groups excluding carboxylic acids is 2. The number of carbonyl (C=O) groups is 2. The molecule has 0 aromatic heterocycles. The van der Waals surface area contributed by atoms with Gasteiger partial charge in [0.15, 0.2) is 0 Å². The van der Waals surface area contributed by atoms with Crippen LogP contribution in [0.5, 0.6) is 0 Å². The zero-order valence-corrected chi connectivity index (χ0v) is 17.0. The van der Waals surface area contributed by atoms with E-state index in [9.17, 15) is 9.59 Å². The fraction of sp³-hybridized carbons (Fsp3) is 0.652. The van der Waals surface area contributed by atoms with Gasteiger partial charge in [-0.15, -0.1) is 0 Å². The maximum absolute atomic E-state index is 12.6. The summed E-state index contributed by atoms with van der Waals surface area (Å²) in [5.41, 5.74) is 1.22. The van der Waals surface area contributed by atoms with Crippen molar-refractivity contribution in [3.63, 3.8) is 0 Å². The molecule has 1 N–H and O–H groups in total. The maximum Gasteiger partial charge on any atom is 0.234 e. The molecule has 5 heteroatoms. The van der Waals surface area contributed by atoms with E-state index in [1.54, 1.807) is 6.92 Å². The van der Waals surface area contributed by atoms with Crippen LogP contribution in [0.3, 0.4) is 0 Å². The van der Waals surface area contributed by atoms with Crippen molar-refractivity contribution in [2.75, 3.05) is 26.2 Å². The van der Waals surface area contributed by atoms with Crippen LogP contribution in [0.15, 0.2) is 30.3 Å². The molecule has 1 aliphatic carbocycles. The smallest absolute Gasteiger partial charge is 0.234 e. The molecule has 1 saturated carbocycles. The van der Waals surface area contributed by atoms with E-state index in [0.29, 0.717) is 24.4 Å². The summed E-state index contributed by atoms with van der Waals surface area (Å²) in [6.45, 7) is 4.78. The van der Waals surface area contributed by atoms with Crippen molar-refractivity contribution in [3.05, 3.63) is 35.9 Å². The number of rotatable bonds is 4. The van der Waals surface area contributed by atoms with Gasteiger partial charge in [0.25, 0.3) is 0 Å². The molecule has 3 fully saturated rings. The highest BCUT2D eigenvalue weighted by atomic mass is 16.2. The normalized spacial score (nSPS) is 28.8. The number of fused-ring (bicyclic) bond motifs is 1. The fourth-order valence-corrected chi connectivity index (χ4v) is 5.57. The van der Waals surface area contributed by atoms with Gasteiger partial charge in [0.1, 0.15) is 0 Å². The van der Waals surface area contributed by atoms with E-state index in [-0.39, 0.29) is 17.9 Å². The SMILES string of the molecule is CC(=O)N1C[C@H]2CN(CC(=O)NC3CCCCCC3)C[C@H]2[C@H]1c1ccccc1. The number of benzene rings is 1. The minimum Gasteiger partial charge on any atom is -0.352 e. The van der Waals surface area contributed by atoms with Gasteiger partial charge in [-0.05, 0) is 24.3 Å². The van der Waals surface area contributed by atoms with Gasteiger partial charge in [-0.3, -0.25) is 14.5 Å². The predicted octanol–water partition coefficient (Wildman–Crippen LogP) is 2.98. The first-order chi connectivity index (χ1) is 13.6. The topological polar surface area (TPSA) is 52.7 Å². The van der Waals surface area contributed by atoms with Gasteiger partial charge in [-0.1, -0.05) is 56.0 Å². The number of nitrogens with one attached hydrogen (secondary N) is 1. The molecule has 0 radical (unpaired) electrons. The summed E-state index contributed by atoms with van der Waals surface area (Å²) in [4.78, 5) is 29.2. The van der Waals surface area contributed by atoms with Crippen molar-refractivity contribution < 1.29 is 9.59 Å². The minimum atomic E-state index is 0.138. The first-order valence-corrected chi connectivity index (χ1v) is 11.0. The van der Waals surface area contributed by atoms with Crippen molar-refractivity contribution >= 4 is 11.8 Å². The molecule has 1 aromatic rings. The van der Waals surface area contributed by atoms with Crippen molar-refractivity contribution in [3.8, 4) is 0 Å². The molecule has 3 atom stereocenters. The summed E-state index contributed by atoms with van der Waals surface area (Å²) in [5.74, 6) is 1.20. The van der Waals surface area contributed by atoms with Crippen LogP contribution in [0.1, 0.15) is 57.1 Å². The molecular weight excluding hydrogens is 350 g/mol. The van der Waals surface area contributed by atoms with Gasteiger partial charge in [0.2, 0.25) is 11.8 Å². The van der Waals surface area contributed by atoms with Gasteiger partial charge >= 0.3 is 0 Å². The summed E-state index contributed by atoms with van der Waals surface area (Å²) in [6.07, 6.45) is 7.32. The van der Waals surface area contributed by atoms with Crippen LogP contribution in [0.4, 0.5) is 0 Å². The van der Waals surface area contributed by atoms with Crippen LogP contribution in [0, 0.1) is 11.8 Å². The lowest BCUT2D eigenvalue weighted by Crippen LogP contribution is -2.42. The molecule has 2 heterocycles. The quantitative estimate of drug-likeness (QED) is 0.814. The van der Waals surface area contributed by atoms with Crippen molar-refractivity contribution in [1.82, 2.24) is 15.1 Å². The van der Waals surface area contributed by atoms with Crippen LogP contribution in [-0.2, 0) is 9.59 Å². The summed E-state index contributed by atoms with van der Waals surface area (Å²) >= 11 is 0. The van der Waals surface area contributed by atoms with Crippen molar-refractivity contribution in [2.24, 2.45) is 11.8 Å². The van der Waals surface area contributed by atoms with Crippen molar-refractivity contribution in [1.29, 1.82) is 0 Å². The van der Waals surface area contributed by atoms with Crippen LogP contribution in [-0.4, -0.2) is 53.8 Å². The average molecular weight is 384 g/mol. The van der Waals surface area contributed by atoms with E-state index in [1.807, 2.05) is 23.1 Å². The van der Waals surface area contributed by atoms with Crippen LogP contribution in [0.2, 0.25) is 0 Å². The van der Waals surface area contributed by atoms with Gasteiger partial charge < -0.3 is 10.2 Å². The molecule has 0 spiro atoms. The molecule has 3 aliphatic rings. The molecule has 152 valence electrons. The van der Waals surface area contributed by atoms with Gasteiger partial charge in [-0.2, -0.15) is 0 Å². The Morgan fingerprint density at radius 2 is 1.71 bits per heavy atom. The van der Waals surface area contributed by atoms with E-state index in [4.69, 9.17) is 0 Å². The van der Waals surface area contributed by atoms with E-state index in [1.165, 1.54) is 31.2 Å². The number of hydrogen-bond donors (Lipinski definition) is 1. The van der Waals surface area contributed by atoms with E-state index in [0.717, 1.165) is 32.5 Å². The lowest BCUT2D eigenvalue weighted by molar-refractivity contribution is -0.130. The molecule has 4 rings (SSSR count). The molecule has 1 aromatic carbocycles. The summed E-state index contributed by atoms with van der Waals surface area (Å²) in [7, 11) is 0. The van der Waals surface area contributed by atoms with Gasteiger partial charge in [-0.25, -0.2) is 0 Å². The number of likely N-dealkylation sites (tertiary alicyclic amines) is 2. The molecular formula is C23H33N3O2. The Kier molecular flexibility index (Phi) is 6.00. The first kappa shape index (κ1) is 19.4.